The summed E-state index contributed by atoms with van der Waals surface area (Å²) in [5.74, 6) is 0.635. The van der Waals surface area contributed by atoms with Gasteiger partial charge in [0.2, 0.25) is 0 Å². The molecule has 1 aromatic carbocycles. The van der Waals surface area contributed by atoms with Crippen LogP contribution in [-0.4, -0.2) is 9.97 Å². The number of hydrogen-bond donors (Lipinski definition) is 2. The van der Waals surface area contributed by atoms with Crippen molar-refractivity contribution in [2.45, 2.75) is 9.92 Å². The molecule has 0 spiro atoms. The Morgan fingerprint density at radius 3 is 2.94 bits per heavy atom. The topological polar surface area (TPSA) is 63.8 Å². The number of hydrogen-bond acceptors (Lipinski definition) is 5. The number of nitrogens with zero attached hydrogens (tertiary/aromatic N) is 2. The number of nitrogen functional groups attached to an aromatic ring is 1. The van der Waals surface area contributed by atoms with Crippen molar-refractivity contribution in [2.75, 3.05) is 11.1 Å². The van der Waals surface area contributed by atoms with Crippen molar-refractivity contribution in [3.8, 4) is 0 Å². The van der Waals surface area contributed by atoms with Crippen LogP contribution in [0.25, 0.3) is 0 Å². The Kier molecular flexibility index (Phi) is 2.54. The highest BCUT2D eigenvalue weighted by Crippen LogP contribution is 2.47. The van der Waals surface area contributed by atoms with Crippen molar-refractivity contribution in [3.05, 3.63) is 28.5 Å². The molecular formula is C10H6Cl2N4S. The van der Waals surface area contributed by atoms with E-state index >= 15 is 0 Å². The standard InChI is InChI=1S/C10H6Cl2N4S/c11-6-3-14-10-9(16-6)15-5-2-1-4(13)7(12)8(5)17-10/h1-3H,13H2,(H,15,16). The van der Waals surface area contributed by atoms with Gasteiger partial charge in [-0.25, -0.2) is 9.97 Å². The molecule has 4 nitrogen and oxygen atoms in total. The minimum absolute atomic E-state index is 0.349. The van der Waals surface area contributed by atoms with E-state index in [2.05, 4.69) is 15.3 Å². The first kappa shape index (κ1) is 11.0. The van der Waals surface area contributed by atoms with Gasteiger partial charge in [-0.3, -0.25) is 0 Å². The average Bonchev–Trinajstić information content (AvgIpc) is 2.32. The zero-order valence-corrected chi connectivity index (χ0v) is 10.7. The Labute approximate surface area is 112 Å². The van der Waals surface area contributed by atoms with Gasteiger partial charge >= 0.3 is 0 Å². The predicted molar refractivity (Wildman–Crippen MR) is 70.3 cm³/mol. The van der Waals surface area contributed by atoms with Gasteiger partial charge in [0.1, 0.15) is 10.2 Å². The molecule has 86 valence electrons. The lowest BCUT2D eigenvalue weighted by molar-refractivity contribution is 1.05. The minimum Gasteiger partial charge on any atom is -0.397 e. The molecule has 2 heterocycles. The van der Waals surface area contributed by atoms with E-state index < -0.39 is 0 Å². The average molecular weight is 285 g/mol. The molecule has 2 aromatic rings. The van der Waals surface area contributed by atoms with E-state index in [-0.39, 0.29) is 0 Å². The van der Waals surface area contributed by atoms with Crippen LogP contribution >= 0.6 is 35.0 Å². The van der Waals surface area contributed by atoms with E-state index in [4.69, 9.17) is 28.9 Å². The van der Waals surface area contributed by atoms with Gasteiger partial charge in [0, 0.05) is 0 Å². The molecule has 0 saturated carbocycles. The van der Waals surface area contributed by atoms with Crippen LogP contribution in [0, 0.1) is 0 Å². The summed E-state index contributed by atoms with van der Waals surface area (Å²) >= 11 is 13.4. The fourth-order valence-corrected chi connectivity index (χ4v) is 2.85. The largest absolute Gasteiger partial charge is 0.397 e. The number of benzene rings is 1. The maximum Gasteiger partial charge on any atom is 0.165 e. The quantitative estimate of drug-likeness (QED) is 0.618. The number of fused-ring (bicyclic) bond motifs is 2. The smallest absolute Gasteiger partial charge is 0.165 e. The third kappa shape index (κ3) is 1.80. The number of anilines is 3. The second-order valence-electron chi connectivity index (χ2n) is 3.42. The highest BCUT2D eigenvalue weighted by Gasteiger charge is 2.21. The van der Waals surface area contributed by atoms with Crippen LogP contribution in [0.5, 0.6) is 0 Å². The van der Waals surface area contributed by atoms with Gasteiger partial charge in [0.15, 0.2) is 5.82 Å². The van der Waals surface area contributed by atoms with Gasteiger partial charge in [-0.15, -0.1) is 0 Å². The second kappa shape index (κ2) is 3.94. The number of nitrogens with two attached hydrogens (primary N) is 1. The zero-order chi connectivity index (χ0) is 12.0. The first-order chi connectivity index (χ1) is 8.15. The van der Waals surface area contributed by atoms with Crippen molar-refractivity contribution in [2.24, 2.45) is 0 Å². The van der Waals surface area contributed by atoms with Gasteiger partial charge in [-0.1, -0.05) is 35.0 Å². The van der Waals surface area contributed by atoms with Crippen molar-refractivity contribution in [3.63, 3.8) is 0 Å². The Morgan fingerprint density at radius 1 is 1.29 bits per heavy atom. The van der Waals surface area contributed by atoms with Gasteiger partial charge in [-0.05, 0) is 12.1 Å². The van der Waals surface area contributed by atoms with Crippen LogP contribution in [0.15, 0.2) is 28.3 Å². The lowest BCUT2D eigenvalue weighted by Gasteiger charge is -2.20. The molecular weight excluding hydrogens is 279 g/mol. The molecule has 1 aliphatic rings. The summed E-state index contributed by atoms with van der Waals surface area (Å²) in [6.07, 6.45) is 1.50. The Balaban J connectivity index is 2.14. The molecule has 0 amide bonds. The summed E-state index contributed by atoms with van der Waals surface area (Å²) < 4.78 is 0. The fourth-order valence-electron chi connectivity index (χ4n) is 1.51. The van der Waals surface area contributed by atoms with E-state index in [0.717, 1.165) is 15.6 Å². The van der Waals surface area contributed by atoms with E-state index in [1.165, 1.54) is 18.0 Å². The van der Waals surface area contributed by atoms with E-state index in [1.807, 2.05) is 6.07 Å². The van der Waals surface area contributed by atoms with Gasteiger partial charge < -0.3 is 11.1 Å². The normalized spacial score (nSPS) is 12.6. The lowest BCUT2D eigenvalue weighted by Crippen LogP contribution is -2.05. The number of nitrogens with one attached hydrogen (secondary N) is 1. The molecule has 1 aromatic heterocycles. The number of rotatable bonds is 0. The van der Waals surface area contributed by atoms with Crippen LogP contribution in [0.1, 0.15) is 0 Å². The van der Waals surface area contributed by atoms with Crippen molar-refractivity contribution < 1.29 is 0 Å². The van der Waals surface area contributed by atoms with E-state index in [9.17, 15) is 0 Å². The molecule has 7 heteroatoms. The minimum atomic E-state index is 0.349. The van der Waals surface area contributed by atoms with Crippen LogP contribution in [0.3, 0.4) is 0 Å². The first-order valence-corrected chi connectivity index (χ1v) is 6.28. The summed E-state index contributed by atoms with van der Waals surface area (Å²) in [7, 11) is 0. The van der Waals surface area contributed by atoms with Crippen molar-refractivity contribution in [1.29, 1.82) is 0 Å². The maximum absolute atomic E-state index is 6.15. The van der Waals surface area contributed by atoms with Gasteiger partial charge in [0.05, 0.1) is 27.5 Å². The van der Waals surface area contributed by atoms with Crippen molar-refractivity contribution in [1.82, 2.24) is 9.97 Å². The summed E-state index contributed by atoms with van der Waals surface area (Å²) in [6, 6.07) is 3.60. The molecule has 0 unspecified atom stereocenters. The first-order valence-electron chi connectivity index (χ1n) is 4.70. The van der Waals surface area contributed by atoms with Crippen molar-refractivity contribution >= 4 is 52.2 Å². The number of halogens is 2. The summed E-state index contributed by atoms with van der Waals surface area (Å²) in [5, 5.41) is 4.74. The van der Waals surface area contributed by atoms with E-state index in [1.54, 1.807) is 6.07 Å². The van der Waals surface area contributed by atoms with Crippen LogP contribution < -0.4 is 11.1 Å². The Bertz CT molecular complexity index is 617. The van der Waals surface area contributed by atoms with Crippen LogP contribution in [0.2, 0.25) is 10.2 Å². The van der Waals surface area contributed by atoms with Crippen LogP contribution in [0.4, 0.5) is 17.2 Å². The molecule has 0 atom stereocenters. The molecule has 0 bridgehead atoms. The predicted octanol–water partition coefficient (Wildman–Crippen LogP) is 3.57. The third-order valence-corrected chi connectivity index (χ3v) is 4.11. The molecule has 0 fully saturated rings. The highest BCUT2D eigenvalue weighted by molar-refractivity contribution is 7.99. The third-order valence-electron chi connectivity index (χ3n) is 2.29. The van der Waals surface area contributed by atoms with Gasteiger partial charge in [0.25, 0.3) is 0 Å². The summed E-state index contributed by atoms with van der Waals surface area (Å²) in [6.45, 7) is 0. The Morgan fingerprint density at radius 2 is 2.12 bits per heavy atom. The maximum atomic E-state index is 6.15. The molecule has 0 saturated heterocycles. The zero-order valence-electron chi connectivity index (χ0n) is 8.37. The summed E-state index contributed by atoms with van der Waals surface area (Å²) in [5.41, 5.74) is 7.16. The highest BCUT2D eigenvalue weighted by atomic mass is 35.5. The number of aromatic nitrogens is 2. The molecule has 0 aliphatic carbocycles. The monoisotopic (exact) mass is 284 g/mol. The molecule has 3 N–H and O–H groups in total. The lowest BCUT2D eigenvalue weighted by atomic mass is 10.2. The molecule has 17 heavy (non-hydrogen) atoms. The molecule has 1 aliphatic heterocycles. The van der Waals surface area contributed by atoms with E-state index in [0.29, 0.717) is 21.7 Å². The SMILES string of the molecule is Nc1ccc2c(c1Cl)Sc1ncc(Cl)nc1N2. The summed E-state index contributed by atoms with van der Waals surface area (Å²) in [4.78, 5) is 9.21. The van der Waals surface area contributed by atoms with Crippen LogP contribution in [-0.2, 0) is 0 Å². The Hall–Kier alpha value is -1.17. The molecule has 3 rings (SSSR count). The fraction of sp³-hybridized carbons (Fsp3) is 0. The van der Waals surface area contributed by atoms with Gasteiger partial charge in [-0.2, -0.15) is 0 Å². The molecule has 0 radical (unpaired) electrons. The second-order valence-corrected chi connectivity index (χ2v) is 5.18.